The molecule has 1 aromatic rings. The van der Waals surface area contributed by atoms with E-state index in [1.165, 1.54) is 6.92 Å². The number of halogens is 1. The highest BCUT2D eigenvalue weighted by Crippen LogP contribution is 2.28. The Morgan fingerprint density at radius 1 is 1.50 bits per heavy atom. The third kappa shape index (κ3) is 3.89. The number of ether oxygens (including phenoxy) is 2. The molecular weight excluding hydrogens is 325 g/mol. The van der Waals surface area contributed by atoms with Gasteiger partial charge in [0.05, 0.1) is 18.9 Å². The van der Waals surface area contributed by atoms with Crippen LogP contribution in [-0.4, -0.2) is 50.8 Å². The number of aliphatic hydroxyl groups excluding tert-OH is 2. The summed E-state index contributed by atoms with van der Waals surface area (Å²) in [5.74, 6) is -1.59. The molecule has 1 fully saturated rings. The van der Waals surface area contributed by atoms with Gasteiger partial charge >= 0.3 is 11.8 Å². The number of carbonyl (C=O) groups excluding carboxylic acids is 1. The predicted molar refractivity (Wildman–Crippen MR) is 79.9 cm³/mol. The van der Waals surface area contributed by atoms with Crippen molar-refractivity contribution in [3.05, 3.63) is 22.5 Å². The van der Waals surface area contributed by atoms with Crippen LogP contribution >= 0.6 is 0 Å². The fourth-order valence-corrected chi connectivity index (χ4v) is 2.21. The van der Waals surface area contributed by atoms with E-state index in [1.807, 2.05) is 12.2 Å². The van der Waals surface area contributed by atoms with Crippen molar-refractivity contribution in [2.75, 3.05) is 11.9 Å². The average molecular weight is 345 g/mol. The van der Waals surface area contributed by atoms with Crippen LogP contribution in [0.3, 0.4) is 0 Å². The summed E-state index contributed by atoms with van der Waals surface area (Å²) in [6, 6.07) is 0. The maximum atomic E-state index is 14.1. The van der Waals surface area contributed by atoms with Crippen molar-refractivity contribution in [3.63, 3.8) is 0 Å². The number of hydrogen-bond donors (Lipinski definition) is 3. The van der Waals surface area contributed by atoms with E-state index in [4.69, 9.17) is 9.47 Å². The van der Waals surface area contributed by atoms with Crippen LogP contribution in [-0.2, 0) is 9.47 Å². The molecule has 2 heterocycles. The van der Waals surface area contributed by atoms with Crippen LogP contribution in [0.4, 0.5) is 15.0 Å². The number of amides is 1. The lowest BCUT2D eigenvalue weighted by molar-refractivity contribution is -0.0355. The van der Waals surface area contributed by atoms with Gasteiger partial charge in [0.1, 0.15) is 12.2 Å². The van der Waals surface area contributed by atoms with Gasteiger partial charge in [-0.3, -0.25) is 9.88 Å². The van der Waals surface area contributed by atoms with Gasteiger partial charge in [-0.2, -0.15) is 4.98 Å². The van der Waals surface area contributed by atoms with E-state index in [1.54, 1.807) is 0 Å². The van der Waals surface area contributed by atoms with Crippen LogP contribution in [0.5, 0.6) is 0 Å². The summed E-state index contributed by atoms with van der Waals surface area (Å²) in [6.07, 6.45) is -3.32. The average Bonchev–Trinajstić information content (AvgIpc) is 2.78. The van der Waals surface area contributed by atoms with Crippen molar-refractivity contribution >= 4 is 11.9 Å². The van der Waals surface area contributed by atoms with E-state index in [9.17, 15) is 24.2 Å². The summed E-state index contributed by atoms with van der Waals surface area (Å²) in [6.45, 7) is 3.59. The first-order chi connectivity index (χ1) is 11.3. The van der Waals surface area contributed by atoms with Crippen molar-refractivity contribution in [2.45, 2.75) is 51.2 Å². The zero-order valence-electron chi connectivity index (χ0n) is 13.3. The van der Waals surface area contributed by atoms with Crippen LogP contribution in [0.15, 0.2) is 11.0 Å². The quantitative estimate of drug-likeness (QED) is 0.659. The molecule has 0 bridgehead atoms. The minimum absolute atomic E-state index is 0.166. The lowest BCUT2D eigenvalue weighted by Crippen LogP contribution is -2.36. The number of anilines is 1. The molecule has 24 heavy (non-hydrogen) atoms. The van der Waals surface area contributed by atoms with Gasteiger partial charge in [0, 0.05) is 0 Å². The number of nitrogens with zero attached hydrogens (tertiary/aromatic N) is 2. The monoisotopic (exact) mass is 345 g/mol. The molecular formula is C14H20FN3O6. The molecule has 1 amide bonds. The highest BCUT2D eigenvalue weighted by Gasteiger charge is 2.42. The number of carbonyl (C=O) groups is 1. The molecule has 0 spiro atoms. The molecule has 1 aromatic heterocycles. The largest absolute Gasteiger partial charge is 0.449 e. The number of rotatable bonds is 5. The molecule has 1 aliphatic rings. The molecule has 0 unspecified atom stereocenters. The molecule has 0 aliphatic carbocycles. The van der Waals surface area contributed by atoms with Gasteiger partial charge in [-0.25, -0.2) is 14.0 Å². The van der Waals surface area contributed by atoms with Crippen LogP contribution in [0, 0.1) is 5.82 Å². The molecule has 134 valence electrons. The zero-order valence-corrected chi connectivity index (χ0v) is 13.3. The Morgan fingerprint density at radius 2 is 2.21 bits per heavy atom. The molecule has 10 heteroatoms. The number of aliphatic hydroxyl groups is 2. The molecule has 0 radical (unpaired) electrons. The molecule has 3 N–H and O–H groups in total. The van der Waals surface area contributed by atoms with E-state index in [0.29, 0.717) is 6.42 Å². The Bertz CT molecular complexity index is 652. The lowest BCUT2D eigenvalue weighted by Gasteiger charge is -2.17. The van der Waals surface area contributed by atoms with E-state index in [0.717, 1.165) is 17.2 Å². The van der Waals surface area contributed by atoms with Crippen molar-refractivity contribution in [1.82, 2.24) is 9.55 Å². The summed E-state index contributed by atoms with van der Waals surface area (Å²) in [4.78, 5) is 26.9. The Labute approximate surface area is 137 Å². The Balaban J connectivity index is 2.14. The summed E-state index contributed by atoms with van der Waals surface area (Å²) < 4.78 is 24.8. The Kier molecular flexibility index (Phi) is 5.86. The minimum atomic E-state index is -1.41. The van der Waals surface area contributed by atoms with E-state index < -0.39 is 48.0 Å². The highest BCUT2D eigenvalue weighted by molar-refractivity contribution is 5.83. The van der Waals surface area contributed by atoms with Gasteiger partial charge in [-0.15, -0.1) is 0 Å². The van der Waals surface area contributed by atoms with Crippen molar-refractivity contribution in [2.24, 2.45) is 0 Å². The number of unbranched alkanes of at least 4 members (excludes halogenated alkanes) is 1. The van der Waals surface area contributed by atoms with Crippen molar-refractivity contribution < 1.29 is 28.9 Å². The first-order valence-corrected chi connectivity index (χ1v) is 7.59. The normalized spacial score (nSPS) is 26.4. The highest BCUT2D eigenvalue weighted by atomic mass is 19.1. The maximum Gasteiger partial charge on any atom is 0.412 e. The van der Waals surface area contributed by atoms with E-state index >= 15 is 0 Å². The number of nitrogens with one attached hydrogen (secondary N) is 1. The fraction of sp³-hybridized carbons (Fsp3) is 0.643. The first-order valence-electron chi connectivity index (χ1n) is 7.59. The molecule has 2 rings (SSSR count). The summed E-state index contributed by atoms with van der Waals surface area (Å²) in [7, 11) is 0. The molecule has 1 aliphatic heterocycles. The van der Waals surface area contributed by atoms with Gasteiger partial charge in [-0.05, 0) is 13.3 Å². The van der Waals surface area contributed by atoms with Gasteiger partial charge in [-0.1, -0.05) is 13.3 Å². The van der Waals surface area contributed by atoms with Gasteiger partial charge in [0.15, 0.2) is 17.9 Å². The third-order valence-corrected chi connectivity index (χ3v) is 3.61. The topological polar surface area (TPSA) is 123 Å². The molecule has 0 saturated carbocycles. The van der Waals surface area contributed by atoms with Crippen molar-refractivity contribution in [3.8, 4) is 0 Å². The fourth-order valence-electron chi connectivity index (χ4n) is 2.21. The zero-order chi connectivity index (χ0) is 17.9. The van der Waals surface area contributed by atoms with Crippen LogP contribution in [0.2, 0.25) is 0 Å². The predicted octanol–water partition coefficient (Wildman–Crippen LogP) is 0.370. The van der Waals surface area contributed by atoms with Crippen molar-refractivity contribution in [1.29, 1.82) is 0 Å². The molecule has 4 atom stereocenters. The SMILES string of the molecule is CCCCOC(=O)Nc1nc(=O)n([C@@H]2O[C@H](C)[C@@H](O)[C@H]2O)cc1F. The van der Waals surface area contributed by atoms with Crippen LogP contribution < -0.4 is 11.0 Å². The first kappa shape index (κ1) is 18.3. The van der Waals surface area contributed by atoms with Gasteiger partial charge < -0.3 is 19.7 Å². The third-order valence-electron chi connectivity index (χ3n) is 3.61. The minimum Gasteiger partial charge on any atom is -0.449 e. The van der Waals surface area contributed by atoms with Gasteiger partial charge in [0.2, 0.25) is 0 Å². The standard InChI is InChI=1S/C14H20FN3O6/c1-3-4-5-23-14(22)17-11-8(15)6-18(13(21)16-11)12-10(20)9(19)7(2)24-12/h6-7,9-10,12,19-20H,3-5H2,1-2H3,(H,16,17,21,22)/t7-,9-,10-,12-/m1/s1. The lowest BCUT2D eigenvalue weighted by atomic mass is 10.1. The van der Waals surface area contributed by atoms with Crippen LogP contribution in [0.1, 0.15) is 32.9 Å². The summed E-state index contributed by atoms with van der Waals surface area (Å²) in [5.41, 5.74) is -0.953. The summed E-state index contributed by atoms with van der Waals surface area (Å²) in [5, 5.41) is 21.6. The van der Waals surface area contributed by atoms with Gasteiger partial charge in [0.25, 0.3) is 0 Å². The van der Waals surface area contributed by atoms with E-state index in [2.05, 4.69) is 4.98 Å². The second-order valence-electron chi connectivity index (χ2n) is 5.45. The summed E-state index contributed by atoms with van der Waals surface area (Å²) >= 11 is 0. The van der Waals surface area contributed by atoms with E-state index in [-0.39, 0.29) is 6.61 Å². The second kappa shape index (κ2) is 7.69. The molecule has 9 nitrogen and oxygen atoms in total. The maximum absolute atomic E-state index is 14.1. The Morgan fingerprint density at radius 3 is 2.79 bits per heavy atom. The number of aromatic nitrogens is 2. The smallest absolute Gasteiger partial charge is 0.412 e. The van der Waals surface area contributed by atoms with Crippen LogP contribution in [0.25, 0.3) is 0 Å². The second-order valence-corrected chi connectivity index (χ2v) is 5.45. The number of hydrogen-bond acceptors (Lipinski definition) is 7. The Hall–Kier alpha value is -2.04. The molecule has 0 aromatic carbocycles. The molecule has 1 saturated heterocycles.